The van der Waals surface area contributed by atoms with Gasteiger partial charge in [-0.25, -0.2) is 9.37 Å². The number of halogens is 1. The molecule has 3 aliphatic rings. The molecule has 1 spiro atoms. The molecule has 0 radical (unpaired) electrons. The largest absolute Gasteiger partial charge is 0.340 e. The summed E-state index contributed by atoms with van der Waals surface area (Å²) in [5.74, 6) is 0.613. The fourth-order valence-corrected chi connectivity index (χ4v) is 6.01. The van der Waals surface area contributed by atoms with Crippen molar-refractivity contribution in [3.63, 3.8) is 0 Å². The molecule has 2 fully saturated rings. The minimum absolute atomic E-state index is 0.0241. The summed E-state index contributed by atoms with van der Waals surface area (Å²) in [6, 6.07) is 6.70. The van der Waals surface area contributed by atoms with Crippen molar-refractivity contribution in [1.29, 1.82) is 0 Å². The van der Waals surface area contributed by atoms with Crippen molar-refractivity contribution in [1.82, 2.24) is 25.1 Å². The highest BCUT2D eigenvalue weighted by Gasteiger charge is 2.48. The summed E-state index contributed by atoms with van der Waals surface area (Å²) in [5.41, 5.74) is 2.73. The van der Waals surface area contributed by atoms with Crippen LogP contribution in [0, 0.1) is 11.2 Å². The molecular weight excluding hydrogens is 471 g/mol. The summed E-state index contributed by atoms with van der Waals surface area (Å²) in [5, 5.41) is 10.4. The number of rotatable bonds is 4. The average Bonchev–Trinajstić information content (AvgIpc) is 3.48. The third kappa shape index (κ3) is 3.70. The van der Waals surface area contributed by atoms with Gasteiger partial charge in [-0.3, -0.25) is 19.8 Å². The molecule has 2 saturated carbocycles. The fourth-order valence-electron chi connectivity index (χ4n) is 6.01. The lowest BCUT2D eigenvalue weighted by Crippen LogP contribution is -2.55. The second-order valence-corrected chi connectivity index (χ2v) is 10.5. The Kier molecular flexibility index (Phi) is 4.92. The van der Waals surface area contributed by atoms with Crippen molar-refractivity contribution >= 4 is 45.6 Å². The molecule has 0 saturated heterocycles. The number of fused-ring (bicyclic) bond motifs is 2. The maximum Gasteiger partial charge on any atom is 0.254 e. The molecule has 1 aliphatic heterocycles. The number of nitrogens with one attached hydrogen (secondary N) is 2. The zero-order chi connectivity index (χ0) is 25.1. The van der Waals surface area contributed by atoms with E-state index in [2.05, 4.69) is 30.4 Å². The number of aromatic amines is 1. The van der Waals surface area contributed by atoms with Crippen LogP contribution in [0.4, 0.5) is 33.2 Å². The van der Waals surface area contributed by atoms with Gasteiger partial charge in [0, 0.05) is 23.3 Å². The molecule has 7 rings (SSSR count). The number of carbonyl (C=O) groups excluding carboxylic acids is 1. The zero-order valence-corrected chi connectivity index (χ0v) is 20.5. The van der Waals surface area contributed by atoms with Crippen LogP contribution in [0.3, 0.4) is 0 Å². The lowest BCUT2D eigenvalue weighted by Gasteiger charge is -2.46. The Bertz CT molecular complexity index is 1490. The minimum atomic E-state index is -0.407. The van der Waals surface area contributed by atoms with Gasteiger partial charge >= 0.3 is 0 Å². The maximum absolute atomic E-state index is 14.6. The molecule has 188 valence electrons. The third-order valence-corrected chi connectivity index (χ3v) is 8.26. The first-order valence-corrected chi connectivity index (χ1v) is 12.8. The zero-order valence-electron chi connectivity index (χ0n) is 20.5. The number of aromatic nitrogens is 5. The van der Waals surface area contributed by atoms with E-state index in [1.807, 2.05) is 19.1 Å². The monoisotopic (exact) mass is 498 g/mol. The first kappa shape index (κ1) is 22.1. The molecule has 4 aromatic rings. The third-order valence-electron chi connectivity index (χ3n) is 8.26. The van der Waals surface area contributed by atoms with Gasteiger partial charge in [0.2, 0.25) is 5.95 Å². The van der Waals surface area contributed by atoms with Crippen LogP contribution in [0.2, 0.25) is 0 Å². The van der Waals surface area contributed by atoms with E-state index in [1.165, 1.54) is 31.7 Å². The van der Waals surface area contributed by atoms with Gasteiger partial charge in [0.05, 0.1) is 24.3 Å². The SMILES string of the molecule is C[C@@H]1C(=O)N(c2cccnc2)c2cnc(Nc3cc(F)c4[nH]ncc4c3)nc2N1C1CCC2(CC1)CC2. The van der Waals surface area contributed by atoms with Crippen LogP contribution in [-0.4, -0.2) is 43.1 Å². The number of hydrogen-bond acceptors (Lipinski definition) is 7. The van der Waals surface area contributed by atoms with E-state index in [-0.39, 0.29) is 11.9 Å². The van der Waals surface area contributed by atoms with Crippen molar-refractivity contribution in [2.24, 2.45) is 5.41 Å². The first-order valence-electron chi connectivity index (χ1n) is 12.8. The molecule has 1 atom stereocenters. The molecule has 9 nitrogen and oxygen atoms in total. The number of amides is 1. The lowest BCUT2D eigenvalue weighted by molar-refractivity contribution is -0.119. The van der Waals surface area contributed by atoms with E-state index in [1.54, 1.807) is 35.8 Å². The molecule has 37 heavy (non-hydrogen) atoms. The highest BCUT2D eigenvalue weighted by molar-refractivity contribution is 6.09. The predicted molar refractivity (Wildman–Crippen MR) is 139 cm³/mol. The topological polar surface area (TPSA) is 103 Å². The minimum Gasteiger partial charge on any atom is -0.340 e. The number of hydrogen-bond donors (Lipinski definition) is 2. The first-order chi connectivity index (χ1) is 18.0. The molecule has 1 aromatic carbocycles. The Balaban J connectivity index is 1.29. The van der Waals surface area contributed by atoms with Crippen molar-refractivity contribution in [3.05, 3.63) is 54.9 Å². The van der Waals surface area contributed by atoms with Crippen molar-refractivity contribution in [2.75, 3.05) is 15.1 Å². The quantitative estimate of drug-likeness (QED) is 0.397. The number of benzene rings is 1. The average molecular weight is 499 g/mol. The Morgan fingerprint density at radius 3 is 2.73 bits per heavy atom. The second-order valence-electron chi connectivity index (χ2n) is 10.5. The molecule has 10 heteroatoms. The van der Waals surface area contributed by atoms with Crippen LogP contribution in [0.1, 0.15) is 45.4 Å². The Morgan fingerprint density at radius 1 is 1.14 bits per heavy atom. The molecule has 2 N–H and O–H groups in total. The number of H-pyrrole nitrogens is 1. The molecule has 0 unspecified atom stereocenters. The summed E-state index contributed by atoms with van der Waals surface area (Å²) < 4.78 is 14.6. The van der Waals surface area contributed by atoms with Gasteiger partial charge in [0.25, 0.3) is 5.91 Å². The van der Waals surface area contributed by atoms with Gasteiger partial charge in [-0.05, 0) is 75.1 Å². The van der Waals surface area contributed by atoms with Gasteiger partial charge in [-0.1, -0.05) is 0 Å². The van der Waals surface area contributed by atoms with E-state index in [0.717, 1.165) is 12.8 Å². The van der Waals surface area contributed by atoms with Crippen molar-refractivity contribution < 1.29 is 9.18 Å². The summed E-state index contributed by atoms with van der Waals surface area (Å²) in [4.78, 5) is 31.2. The summed E-state index contributed by atoms with van der Waals surface area (Å²) >= 11 is 0. The number of carbonyl (C=O) groups is 1. The highest BCUT2D eigenvalue weighted by atomic mass is 19.1. The standard InChI is InChI=1S/C27H27FN8O/c1-16-25(37)36(20-3-2-10-29-14-20)22-15-30-26(32-18-11-17-13-31-34-23(17)21(28)12-18)33-24(22)35(16)19-4-6-27(7-5-19)8-9-27/h2-3,10-16,19H,4-9H2,1H3,(H,31,34)(H,30,32,33)/t16-/m1/s1. The number of pyridine rings is 1. The smallest absolute Gasteiger partial charge is 0.254 e. The van der Waals surface area contributed by atoms with Crippen molar-refractivity contribution in [2.45, 2.75) is 57.5 Å². The highest BCUT2D eigenvalue weighted by Crippen LogP contribution is 2.57. The van der Waals surface area contributed by atoms with E-state index < -0.39 is 11.9 Å². The Morgan fingerprint density at radius 2 is 1.97 bits per heavy atom. The van der Waals surface area contributed by atoms with Crippen LogP contribution in [0.5, 0.6) is 0 Å². The van der Waals surface area contributed by atoms with Crippen LogP contribution >= 0.6 is 0 Å². The predicted octanol–water partition coefficient (Wildman–Crippen LogP) is 5.23. The van der Waals surface area contributed by atoms with E-state index in [0.29, 0.717) is 45.1 Å². The van der Waals surface area contributed by atoms with Crippen LogP contribution in [0.15, 0.2) is 49.1 Å². The molecule has 2 aliphatic carbocycles. The van der Waals surface area contributed by atoms with Crippen LogP contribution in [-0.2, 0) is 4.79 Å². The van der Waals surface area contributed by atoms with Crippen LogP contribution in [0.25, 0.3) is 10.9 Å². The Labute approximate surface area is 213 Å². The molecule has 0 bridgehead atoms. The number of anilines is 5. The van der Waals surface area contributed by atoms with Crippen LogP contribution < -0.4 is 15.1 Å². The van der Waals surface area contributed by atoms with E-state index in [9.17, 15) is 9.18 Å². The molecule has 4 heterocycles. The van der Waals surface area contributed by atoms with Crippen molar-refractivity contribution in [3.8, 4) is 0 Å². The van der Waals surface area contributed by atoms with Gasteiger partial charge in [-0.2, -0.15) is 10.1 Å². The van der Waals surface area contributed by atoms with Gasteiger partial charge in [0.1, 0.15) is 17.2 Å². The van der Waals surface area contributed by atoms with Gasteiger partial charge in [-0.15, -0.1) is 0 Å². The molecule has 3 aromatic heterocycles. The normalized spacial score (nSPS) is 20.9. The summed E-state index contributed by atoms with van der Waals surface area (Å²) in [6.45, 7) is 1.95. The Hall–Kier alpha value is -4.08. The molecule has 1 amide bonds. The van der Waals surface area contributed by atoms with E-state index >= 15 is 0 Å². The fraction of sp³-hybridized carbons (Fsp3) is 0.370. The summed E-state index contributed by atoms with van der Waals surface area (Å²) in [7, 11) is 0. The van der Waals surface area contributed by atoms with Gasteiger partial charge in [0.15, 0.2) is 11.6 Å². The number of nitrogens with zero attached hydrogens (tertiary/aromatic N) is 6. The second kappa shape index (κ2) is 8.22. The molecular formula is C27H27FN8O. The van der Waals surface area contributed by atoms with Gasteiger partial charge < -0.3 is 10.2 Å². The maximum atomic E-state index is 14.6. The summed E-state index contributed by atoms with van der Waals surface area (Å²) in [6.07, 6.45) is 13.7. The lowest BCUT2D eigenvalue weighted by atomic mass is 9.82. The van der Waals surface area contributed by atoms with E-state index in [4.69, 9.17) is 4.98 Å².